The summed E-state index contributed by atoms with van der Waals surface area (Å²) in [6, 6.07) is 22.6. The van der Waals surface area contributed by atoms with Crippen LogP contribution in [0, 0.1) is 0 Å². The van der Waals surface area contributed by atoms with Gasteiger partial charge in [0.15, 0.2) is 11.5 Å². The molecule has 0 saturated heterocycles. The molecule has 1 aromatic heterocycles. The second-order valence-electron chi connectivity index (χ2n) is 8.51. The van der Waals surface area contributed by atoms with Gasteiger partial charge >= 0.3 is 0 Å². The molecule has 164 valence electrons. The Morgan fingerprint density at radius 2 is 1.85 bits per heavy atom. The van der Waals surface area contributed by atoms with Crippen molar-refractivity contribution in [3.63, 3.8) is 0 Å². The van der Waals surface area contributed by atoms with Gasteiger partial charge in [0.2, 0.25) is 6.79 Å². The Kier molecular flexibility index (Phi) is 4.87. The number of H-pyrrole nitrogens is 1. The quantitative estimate of drug-likeness (QED) is 0.425. The predicted molar refractivity (Wildman–Crippen MR) is 128 cm³/mol. The Balaban J connectivity index is 1.36. The fourth-order valence-electron chi connectivity index (χ4n) is 4.92. The molecule has 2 aliphatic rings. The third-order valence-corrected chi connectivity index (χ3v) is 6.55. The lowest BCUT2D eigenvalue weighted by Gasteiger charge is -2.35. The van der Waals surface area contributed by atoms with Gasteiger partial charge in [0.1, 0.15) is 6.29 Å². The summed E-state index contributed by atoms with van der Waals surface area (Å²) >= 11 is 0. The number of para-hydroxylation sites is 1. The minimum atomic E-state index is 0.0596. The van der Waals surface area contributed by atoms with Gasteiger partial charge in [-0.3, -0.25) is 4.79 Å². The third-order valence-electron chi connectivity index (χ3n) is 6.55. The summed E-state index contributed by atoms with van der Waals surface area (Å²) < 4.78 is 11.2. The molecule has 0 saturated carbocycles. The smallest absolute Gasteiger partial charge is 0.231 e. The molecule has 0 radical (unpaired) electrons. The minimum Gasteiger partial charge on any atom is -0.454 e. The number of ether oxygens (including phenoxy) is 2. The van der Waals surface area contributed by atoms with E-state index < -0.39 is 0 Å². The number of allylic oxidation sites excluding steroid dienone is 1. The fourth-order valence-corrected chi connectivity index (χ4v) is 4.92. The lowest BCUT2D eigenvalue weighted by molar-refractivity contribution is 0.112. The molecule has 1 N–H and O–H groups in total. The number of benzene rings is 3. The van der Waals surface area contributed by atoms with Gasteiger partial charge in [0, 0.05) is 28.7 Å². The predicted octanol–water partition coefficient (Wildman–Crippen LogP) is 5.41. The van der Waals surface area contributed by atoms with Crippen LogP contribution >= 0.6 is 0 Å². The van der Waals surface area contributed by atoms with Crippen LogP contribution in [-0.2, 0) is 12.8 Å². The van der Waals surface area contributed by atoms with Gasteiger partial charge < -0.3 is 19.4 Å². The second-order valence-corrected chi connectivity index (χ2v) is 8.51. The lowest BCUT2D eigenvalue weighted by Crippen LogP contribution is -2.32. The lowest BCUT2D eigenvalue weighted by atomic mass is 9.92. The van der Waals surface area contributed by atoms with Crippen molar-refractivity contribution >= 4 is 17.2 Å². The molecule has 4 aromatic rings. The Morgan fingerprint density at radius 3 is 2.73 bits per heavy atom. The Morgan fingerprint density at radius 1 is 1.00 bits per heavy atom. The Bertz CT molecular complexity index is 1350. The highest BCUT2D eigenvalue weighted by atomic mass is 16.7. The van der Waals surface area contributed by atoms with Crippen LogP contribution in [0.15, 0.2) is 79.0 Å². The number of aromatic amines is 1. The van der Waals surface area contributed by atoms with E-state index in [-0.39, 0.29) is 12.8 Å². The van der Waals surface area contributed by atoms with Crippen molar-refractivity contribution in [2.24, 2.45) is 0 Å². The van der Waals surface area contributed by atoms with Gasteiger partial charge in [-0.05, 0) is 53.9 Å². The Hall–Kier alpha value is -3.99. The first kappa shape index (κ1) is 19.7. The van der Waals surface area contributed by atoms with Crippen LogP contribution in [0.1, 0.15) is 38.8 Å². The fraction of sp³-hybridized carbons (Fsp3) is 0.179. The largest absolute Gasteiger partial charge is 0.454 e. The molecule has 0 amide bonds. The van der Waals surface area contributed by atoms with Crippen molar-refractivity contribution in [1.29, 1.82) is 0 Å². The monoisotopic (exact) mass is 436 g/mol. The third kappa shape index (κ3) is 3.55. The van der Waals surface area contributed by atoms with Gasteiger partial charge in [-0.2, -0.15) is 0 Å². The number of hydrogen-bond donors (Lipinski definition) is 1. The highest BCUT2D eigenvalue weighted by Gasteiger charge is 2.31. The average Bonchev–Trinajstić information content (AvgIpc) is 3.48. The molecule has 0 bridgehead atoms. The van der Waals surface area contributed by atoms with E-state index in [1.807, 2.05) is 30.3 Å². The van der Waals surface area contributed by atoms with Gasteiger partial charge in [-0.1, -0.05) is 54.6 Å². The number of carbonyl (C=O) groups is 1. The summed E-state index contributed by atoms with van der Waals surface area (Å²) in [5.74, 6) is 1.60. The molecule has 3 heterocycles. The molecule has 0 fully saturated rings. The van der Waals surface area contributed by atoms with Crippen molar-refractivity contribution in [2.45, 2.75) is 18.9 Å². The van der Waals surface area contributed by atoms with E-state index in [2.05, 4.69) is 58.6 Å². The number of nitrogens with one attached hydrogen (secondary N) is 1. The summed E-state index contributed by atoms with van der Waals surface area (Å²) in [5.41, 5.74) is 6.86. The van der Waals surface area contributed by atoms with E-state index in [0.717, 1.165) is 37.2 Å². The maximum atomic E-state index is 10.9. The maximum Gasteiger partial charge on any atom is 0.231 e. The van der Waals surface area contributed by atoms with Crippen LogP contribution in [-0.4, -0.2) is 29.5 Å². The summed E-state index contributed by atoms with van der Waals surface area (Å²) in [7, 11) is 0. The standard InChI is InChI=1S/C28H24N2O3/c31-17-20-9-7-19(8-10-20)4-3-14-30-15-13-23-22-5-1-2-6-24(22)29-27(23)28(30)21-11-12-25-26(16-21)33-18-32-25/h1-3,5-12,14,16-17,28-29H,4,13,15,18H2/b14-3+. The van der Waals surface area contributed by atoms with Crippen LogP contribution in [0.25, 0.3) is 10.9 Å². The van der Waals surface area contributed by atoms with Crippen molar-refractivity contribution in [1.82, 2.24) is 9.88 Å². The highest BCUT2D eigenvalue weighted by molar-refractivity contribution is 5.85. The molecule has 5 nitrogen and oxygen atoms in total. The zero-order valence-corrected chi connectivity index (χ0v) is 18.2. The number of fused-ring (bicyclic) bond motifs is 4. The van der Waals surface area contributed by atoms with Crippen molar-refractivity contribution in [3.8, 4) is 11.5 Å². The van der Waals surface area contributed by atoms with Gasteiger partial charge in [0.25, 0.3) is 0 Å². The normalized spacial score (nSPS) is 17.0. The number of nitrogens with zero attached hydrogens (tertiary/aromatic N) is 1. The highest BCUT2D eigenvalue weighted by Crippen LogP contribution is 2.42. The number of hydrogen-bond acceptors (Lipinski definition) is 4. The first-order chi connectivity index (χ1) is 16.3. The number of aldehydes is 1. The second kappa shape index (κ2) is 8.17. The van der Waals surface area contributed by atoms with Gasteiger partial charge in [-0.15, -0.1) is 0 Å². The molecule has 0 spiro atoms. The van der Waals surface area contributed by atoms with Crippen molar-refractivity contribution in [3.05, 3.63) is 107 Å². The molecule has 3 aromatic carbocycles. The van der Waals surface area contributed by atoms with Crippen molar-refractivity contribution < 1.29 is 14.3 Å². The molecular formula is C28H24N2O3. The molecule has 6 rings (SSSR count). The van der Waals surface area contributed by atoms with E-state index in [1.165, 1.54) is 33.3 Å². The van der Waals surface area contributed by atoms with Gasteiger partial charge in [0.05, 0.1) is 6.04 Å². The first-order valence-electron chi connectivity index (χ1n) is 11.3. The molecular weight excluding hydrogens is 412 g/mol. The SMILES string of the molecule is O=Cc1ccc(C/C=C/N2CCc3c([nH]c4ccccc34)C2c2ccc3c(c2)OCO3)cc1. The number of aromatic nitrogens is 1. The van der Waals surface area contributed by atoms with Crippen molar-refractivity contribution in [2.75, 3.05) is 13.3 Å². The van der Waals surface area contributed by atoms with E-state index in [1.54, 1.807) is 0 Å². The van der Waals surface area contributed by atoms with E-state index in [0.29, 0.717) is 5.56 Å². The first-order valence-corrected chi connectivity index (χ1v) is 11.3. The van der Waals surface area contributed by atoms with Crippen LogP contribution in [0.3, 0.4) is 0 Å². The zero-order valence-electron chi connectivity index (χ0n) is 18.2. The van der Waals surface area contributed by atoms with E-state index in [4.69, 9.17) is 9.47 Å². The number of carbonyl (C=O) groups excluding carboxylic acids is 1. The minimum absolute atomic E-state index is 0.0596. The maximum absolute atomic E-state index is 10.9. The van der Waals surface area contributed by atoms with E-state index in [9.17, 15) is 4.79 Å². The topological polar surface area (TPSA) is 54.6 Å². The molecule has 1 atom stereocenters. The van der Waals surface area contributed by atoms with Gasteiger partial charge in [-0.25, -0.2) is 0 Å². The Labute approximate surface area is 192 Å². The summed E-state index contributed by atoms with van der Waals surface area (Å²) in [6.07, 6.45) is 7.07. The zero-order chi connectivity index (χ0) is 22.2. The molecule has 33 heavy (non-hydrogen) atoms. The number of rotatable bonds is 5. The van der Waals surface area contributed by atoms with Crippen LogP contribution < -0.4 is 9.47 Å². The molecule has 5 heteroatoms. The summed E-state index contributed by atoms with van der Waals surface area (Å²) in [4.78, 5) is 17.0. The van der Waals surface area contributed by atoms with Crippen LogP contribution in [0.2, 0.25) is 0 Å². The van der Waals surface area contributed by atoms with Crippen LogP contribution in [0.5, 0.6) is 11.5 Å². The van der Waals surface area contributed by atoms with E-state index >= 15 is 0 Å². The molecule has 0 aliphatic carbocycles. The summed E-state index contributed by atoms with van der Waals surface area (Å²) in [6.45, 7) is 1.20. The molecule has 2 aliphatic heterocycles. The van der Waals surface area contributed by atoms with Crippen LogP contribution in [0.4, 0.5) is 0 Å². The molecule has 1 unspecified atom stereocenters. The summed E-state index contributed by atoms with van der Waals surface area (Å²) in [5, 5.41) is 1.30. The average molecular weight is 437 g/mol.